The van der Waals surface area contributed by atoms with Crippen LogP contribution in [0.4, 0.5) is 0 Å². The van der Waals surface area contributed by atoms with Crippen molar-refractivity contribution in [3.8, 4) is 10.6 Å². The van der Waals surface area contributed by atoms with E-state index in [1.807, 2.05) is 23.1 Å². The third kappa shape index (κ3) is 2.32. The molecule has 0 radical (unpaired) electrons. The zero-order valence-electron chi connectivity index (χ0n) is 11.7. The number of aryl methyl sites for hydroxylation is 3. The van der Waals surface area contributed by atoms with E-state index in [0.29, 0.717) is 6.04 Å². The number of hydrogen-bond acceptors (Lipinski definition) is 4. The Balaban J connectivity index is 1.99. The Morgan fingerprint density at radius 1 is 1.53 bits per heavy atom. The lowest BCUT2D eigenvalue weighted by Gasteiger charge is -2.21. The first kappa shape index (κ1) is 12.8. The molecule has 4 nitrogen and oxygen atoms in total. The SMILES string of the molecule is CCNC1CCCc2nc(-c3cn(C)nc3C)sc21. The second-order valence-corrected chi connectivity index (χ2v) is 6.16. The molecular weight excluding hydrogens is 256 g/mol. The van der Waals surface area contributed by atoms with E-state index >= 15 is 0 Å². The monoisotopic (exact) mass is 276 g/mol. The van der Waals surface area contributed by atoms with Crippen molar-refractivity contribution in [2.24, 2.45) is 7.05 Å². The van der Waals surface area contributed by atoms with E-state index in [0.717, 1.165) is 23.7 Å². The van der Waals surface area contributed by atoms with Gasteiger partial charge in [-0.2, -0.15) is 5.10 Å². The molecule has 0 fully saturated rings. The third-order valence-electron chi connectivity index (χ3n) is 3.64. The van der Waals surface area contributed by atoms with Crippen LogP contribution in [-0.4, -0.2) is 21.3 Å². The number of nitrogens with zero attached hydrogens (tertiary/aromatic N) is 3. The molecule has 2 aromatic heterocycles. The molecule has 5 heteroatoms. The van der Waals surface area contributed by atoms with E-state index in [1.165, 1.54) is 29.0 Å². The number of aromatic nitrogens is 3. The van der Waals surface area contributed by atoms with Crippen LogP contribution in [0.15, 0.2) is 6.20 Å². The number of fused-ring (bicyclic) bond motifs is 1. The summed E-state index contributed by atoms with van der Waals surface area (Å²) in [6.45, 7) is 5.24. The second kappa shape index (κ2) is 5.06. The Labute approximate surface area is 117 Å². The number of rotatable bonds is 3. The lowest BCUT2D eigenvalue weighted by atomic mass is 9.98. The van der Waals surface area contributed by atoms with Crippen molar-refractivity contribution in [1.29, 1.82) is 0 Å². The molecular formula is C14H20N4S. The number of thiazole rings is 1. The van der Waals surface area contributed by atoms with Crippen LogP contribution in [0.1, 0.15) is 42.1 Å². The molecule has 0 amide bonds. The van der Waals surface area contributed by atoms with Gasteiger partial charge in [-0.15, -0.1) is 11.3 Å². The summed E-state index contributed by atoms with van der Waals surface area (Å²) in [6.07, 6.45) is 5.66. The first-order valence-corrected chi connectivity index (χ1v) is 7.74. The molecule has 1 aliphatic carbocycles. The summed E-state index contributed by atoms with van der Waals surface area (Å²) in [4.78, 5) is 6.29. The van der Waals surface area contributed by atoms with Gasteiger partial charge in [0.1, 0.15) is 5.01 Å². The molecule has 19 heavy (non-hydrogen) atoms. The summed E-state index contributed by atoms with van der Waals surface area (Å²) >= 11 is 1.84. The predicted molar refractivity (Wildman–Crippen MR) is 78.4 cm³/mol. The molecule has 0 saturated carbocycles. The van der Waals surface area contributed by atoms with Crippen molar-refractivity contribution in [1.82, 2.24) is 20.1 Å². The van der Waals surface area contributed by atoms with Gasteiger partial charge in [-0.3, -0.25) is 4.68 Å². The molecule has 3 rings (SSSR count). The fourth-order valence-corrected chi connectivity index (χ4v) is 4.07. The topological polar surface area (TPSA) is 42.7 Å². The summed E-state index contributed by atoms with van der Waals surface area (Å²) in [5.41, 5.74) is 3.53. The van der Waals surface area contributed by atoms with Crippen LogP contribution in [0.25, 0.3) is 10.6 Å². The first-order chi connectivity index (χ1) is 9.19. The van der Waals surface area contributed by atoms with Crippen molar-refractivity contribution < 1.29 is 0 Å². The Hall–Kier alpha value is -1.20. The molecule has 0 aromatic carbocycles. The standard InChI is InChI=1S/C14H20N4S/c1-4-15-11-6-5-7-12-13(11)19-14(16-12)10-8-18(3)17-9(10)2/h8,11,15H,4-7H2,1-3H3. The van der Waals surface area contributed by atoms with Gasteiger partial charge in [-0.25, -0.2) is 4.98 Å². The van der Waals surface area contributed by atoms with Gasteiger partial charge in [0.15, 0.2) is 0 Å². The predicted octanol–water partition coefficient (Wildman–Crippen LogP) is 2.84. The van der Waals surface area contributed by atoms with Crippen LogP contribution in [0.3, 0.4) is 0 Å². The van der Waals surface area contributed by atoms with E-state index in [1.54, 1.807) is 0 Å². The van der Waals surface area contributed by atoms with Crippen LogP contribution in [0, 0.1) is 6.92 Å². The summed E-state index contributed by atoms with van der Waals surface area (Å²) in [7, 11) is 1.96. The normalized spacial score (nSPS) is 18.6. The zero-order valence-corrected chi connectivity index (χ0v) is 12.5. The molecule has 102 valence electrons. The lowest BCUT2D eigenvalue weighted by molar-refractivity contribution is 0.476. The van der Waals surface area contributed by atoms with Crippen molar-refractivity contribution in [3.63, 3.8) is 0 Å². The smallest absolute Gasteiger partial charge is 0.127 e. The maximum atomic E-state index is 4.85. The highest BCUT2D eigenvalue weighted by atomic mass is 32.1. The zero-order chi connectivity index (χ0) is 13.4. The summed E-state index contributed by atoms with van der Waals surface area (Å²) in [5.74, 6) is 0. The highest BCUT2D eigenvalue weighted by molar-refractivity contribution is 7.15. The van der Waals surface area contributed by atoms with Gasteiger partial charge in [0.05, 0.1) is 17.0 Å². The highest BCUT2D eigenvalue weighted by Gasteiger charge is 2.25. The van der Waals surface area contributed by atoms with Gasteiger partial charge in [-0.05, 0) is 32.7 Å². The summed E-state index contributed by atoms with van der Waals surface area (Å²) in [5, 5.41) is 9.12. The maximum Gasteiger partial charge on any atom is 0.127 e. The molecule has 1 unspecified atom stereocenters. The molecule has 0 aliphatic heterocycles. The molecule has 1 atom stereocenters. The van der Waals surface area contributed by atoms with E-state index in [9.17, 15) is 0 Å². The maximum absolute atomic E-state index is 4.85. The average molecular weight is 276 g/mol. The van der Waals surface area contributed by atoms with Gasteiger partial charge in [0.2, 0.25) is 0 Å². The molecule has 0 saturated heterocycles. The first-order valence-electron chi connectivity index (χ1n) is 6.92. The lowest BCUT2D eigenvalue weighted by Crippen LogP contribution is -2.23. The Morgan fingerprint density at radius 2 is 2.37 bits per heavy atom. The minimum absolute atomic E-state index is 0.497. The molecule has 0 bridgehead atoms. The molecule has 2 aromatic rings. The second-order valence-electron chi connectivity index (χ2n) is 5.13. The van der Waals surface area contributed by atoms with Crippen molar-refractivity contribution >= 4 is 11.3 Å². The molecule has 1 N–H and O–H groups in total. The van der Waals surface area contributed by atoms with Crippen LogP contribution in [0.2, 0.25) is 0 Å². The fraction of sp³-hybridized carbons (Fsp3) is 0.571. The van der Waals surface area contributed by atoms with Gasteiger partial charge in [0.25, 0.3) is 0 Å². The minimum atomic E-state index is 0.497. The van der Waals surface area contributed by atoms with Crippen molar-refractivity contribution in [2.45, 2.75) is 39.2 Å². The van der Waals surface area contributed by atoms with Crippen LogP contribution in [0.5, 0.6) is 0 Å². The highest BCUT2D eigenvalue weighted by Crippen LogP contribution is 2.38. The largest absolute Gasteiger partial charge is 0.309 e. The van der Waals surface area contributed by atoms with Gasteiger partial charge in [-0.1, -0.05) is 6.92 Å². The minimum Gasteiger partial charge on any atom is -0.309 e. The van der Waals surface area contributed by atoms with Crippen LogP contribution < -0.4 is 5.32 Å². The van der Waals surface area contributed by atoms with Crippen molar-refractivity contribution in [2.75, 3.05) is 6.54 Å². The van der Waals surface area contributed by atoms with E-state index < -0.39 is 0 Å². The Kier molecular flexibility index (Phi) is 3.41. The quantitative estimate of drug-likeness (QED) is 0.937. The molecule has 2 heterocycles. The summed E-state index contributed by atoms with van der Waals surface area (Å²) in [6, 6.07) is 0.497. The fourth-order valence-electron chi connectivity index (χ4n) is 2.79. The average Bonchev–Trinajstić information content (AvgIpc) is 2.93. The molecule has 1 aliphatic rings. The van der Waals surface area contributed by atoms with Crippen LogP contribution in [-0.2, 0) is 13.5 Å². The van der Waals surface area contributed by atoms with Crippen molar-refractivity contribution in [3.05, 3.63) is 22.5 Å². The number of nitrogens with one attached hydrogen (secondary N) is 1. The van der Waals surface area contributed by atoms with Crippen LogP contribution >= 0.6 is 11.3 Å². The Morgan fingerprint density at radius 3 is 3.05 bits per heavy atom. The van der Waals surface area contributed by atoms with Gasteiger partial charge in [0, 0.05) is 24.2 Å². The van der Waals surface area contributed by atoms with Gasteiger partial charge >= 0.3 is 0 Å². The third-order valence-corrected chi connectivity index (χ3v) is 4.89. The van der Waals surface area contributed by atoms with E-state index in [4.69, 9.17) is 4.98 Å². The molecule has 0 spiro atoms. The summed E-state index contributed by atoms with van der Waals surface area (Å²) < 4.78 is 1.87. The van der Waals surface area contributed by atoms with E-state index in [2.05, 4.69) is 30.5 Å². The van der Waals surface area contributed by atoms with E-state index in [-0.39, 0.29) is 0 Å². The van der Waals surface area contributed by atoms with Gasteiger partial charge < -0.3 is 5.32 Å². The number of hydrogen-bond donors (Lipinski definition) is 1. The Bertz CT molecular complexity index is 584.